The van der Waals surface area contributed by atoms with E-state index in [1.165, 1.54) is 0 Å². The van der Waals surface area contributed by atoms with Crippen molar-refractivity contribution < 1.29 is 14.7 Å². The van der Waals surface area contributed by atoms with Gasteiger partial charge in [0.05, 0.1) is 7.11 Å². The Kier molecular flexibility index (Phi) is 5.57. The molecule has 6 heteroatoms. The summed E-state index contributed by atoms with van der Waals surface area (Å²) in [6.07, 6.45) is 1.03. The molecule has 0 heterocycles. The van der Waals surface area contributed by atoms with Gasteiger partial charge in [-0.3, -0.25) is 4.79 Å². The van der Waals surface area contributed by atoms with Crippen molar-refractivity contribution in [2.75, 3.05) is 12.4 Å². The average Bonchev–Trinajstić information content (AvgIpc) is 2.60. The number of oxime groups is 1. The Hall–Kier alpha value is -3.02. The van der Waals surface area contributed by atoms with E-state index in [-0.39, 0.29) is 11.7 Å². The van der Waals surface area contributed by atoms with E-state index in [0.29, 0.717) is 24.1 Å². The molecule has 6 nitrogen and oxygen atoms in total. The molecule has 2 aromatic carbocycles. The zero-order valence-corrected chi connectivity index (χ0v) is 12.8. The summed E-state index contributed by atoms with van der Waals surface area (Å²) in [7, 11) is 1.62. The number of carbonyl (C=O) groups excluding carboxylic acids is 1. The highest BCUT2D eigenvalue weighted by Gasteiger charge is 2.05. The van der Waals surface area contributed by atoms with Gasteiger partial charge >= 0.3 is 0 Å². The third kappa shape index (κ3) is 4.74. The Morgan fingerprint density at radius 3 is 2.39 bits per heavy atom. The number of nitrogens with two attached hydrogens (primary N) is 1. The van der Waals surface area contributed by atoms with Gasteiger partial charge in [0.2, 0.25) is 5.91 Å². The van der Waals surface area contributed by atoms with Crippen LogP contribution in [0.1, 0.15) is 17.5 Å². The van der Waals surface area contributed by atoms with E-state index in [0.717, 1.165) is 11.3 Å². The Morgan fingerprint density at radius 1 is 1.17 bits per heavy atom. The van der Waals surface area contributed by atoms with Gasteiger partial charge in [-0.25, -0.2) is 0 Å². The SMILES string of the molecule is COc1ccc(CCC(=O)Nc2ccc(/C(N)=N/O)cc2)cc1. The van der Waals surface area contributed by atoms with Crippen LogP contribution in [0.5, 0.6) is 5.75 Å². The molecule has 0 saturated heterocycles. The smallest absolute Gasteiger partial charge is 0.224 e. The van der Waals surface area contributed by atoms with E-state index in [1.807, 2.05) is 24.3 Å². The van der Waals surface area contributed by atoms with Crippen LogP contribution >= 0.6 is 0 Å². The van der Waals surface area contributed by atoms with E-state index < -0.39 is 0 Å². The van der Waals surface area contributed by atoms with Crippen LogP contribution in [-0.2, 0) is 11.2 Å². The topological polar surface area (TPSA) is 96.9 Å². The van der Waals surface area contributed by atoms with Crippen molar-refractivity contribution >= 4 is 17.4 Å². The molecule has 120 valence electrons. The van der Waals surface area contributed by atoms with Crippen LogP contribution in [-0.4, -0.2) is 24.1 Å². The summed E-state index contributed by atoms with van der Waals surface area (Å²) in [6, 6.07) is 14.4. The Bertz CT molecular complexity index is 679. The number of ether oxygens (including phenoxy) is 1. The quantitative estimate of drug-likeness (QED) is 0.330. The number of amides is 1. The number of carbonyl (C=O) groups is 1. The van der Waals surface area contributed by atoms with Crippen molar-refractivity contribution in [2.24, 2.45) is 10.9 Å². The highest BCUT2D eigenvalue weighted by Crippen LogP contribution is 2.14. The lowest BCUT2D eigenvalue weighted by atomic mass is 10.1. The maximum atomic E-state index is 12.0. The number of anilines is 1. The fraction of sp³-hybridized carbons (Fsp3) is 0.176. The van der Waals surface area contributed by atoms with E-state index in [2.05, 4.69) is 10.5 Å². The first-order valence-corrected chi connectivity index (χ1v) is 7.13. The molecular formula is C17H19N3O3. The molecule has 0 aliphatic carbocycles. The van der Waals surface area contributed by atoms with Gasteiger partial charge in [0.25, 0.3) is 0 Å². The largest absolute Gasteiger partial charge is 0.497 e. The minimum atomic E-state index is -0.0719. The summed E-state index contributed by atoms with van der Waals surface area (Å²) in [5.74, 6) is 0.753. The van der Waals surface area contributed by atoms with Crippen LogP contribution < -0.4 is 15.8 Å². The van der Waals surface area contributed by atoms with Gasteiger partial charge in [-0.05, 0) is 48.4 Å². The number of amidine groups is 1. The van der Waals surface area contributed by atoms with E-state index in [4.69, 9.17) is 15.7 Å². The van der Waals surface area contributed by atoms with Crippen molar-refractivity contribution in [1.29, 1.82) is 0 Å². The van der Waals surface area contributed by atoms with Crippen molar-refractivity contribution in [1.82, 2.24) is 0 Å². The second kappa shape index (κ2) is 7.84. The van der Waals surface area contributed by atoms with Gasteiger partial charge in [-0.2, -0.15) is 0 Å². The molecule has 4 N–H and O–H groups in total. The van der Waals surface area contributed by atoms with Gasteiger partial charge in [-0.1, -0.05) is 17.3 Å². The molecule has 0 atom stereocenters. The zero-order chi connectivity index (χ0) is 16.7. The lowest BCUT2D eigenvalue weighted by Gasteiger charge is -2.07. The molecular weight excluding hydrogens is 294 g/mol. The molecule has 0 fully saturated rings. The van der Waals surface area contributed by atoms with Crippen molar-refractivity contribution in [3.05, 3.63) is 59.7 Å². The van der Waals surface area contributed by atoms with Crippen LogP contribution in [0.4, 0.5) is 5.69 Å². The Labute approximate surface area is 134 Å². The van der Waals surface area contributed by atoms with Gasteiger partial charge in [0.15, 0.2) is 5.84 Å². The second-order valence-corrected chi connectivity index (χ2v) is 4.96. The lowest BCUT2D eigenvalue weighted by molar-refractivity contribution is -0.116. The number of aryl methyl sites for hydroxylation is 1. The first-order chi connectivity index (χ1) is 11.1. The van der Waals surface area contributed by atoms with Crippen LogP contribution in [0.2, 0.25) is 0 Å². The number of nitrogens with one attached hydrogen (secondary N) is 1. The fourth-order valence-corrected chi connectivity index (χ4v) is 2.06. The summed E-state index contributed by atoms with van der Waals surface area (Å²) in [4.78, 5) is 12.0. The minimum Gasteiger partial charge on any atom is -0.497 e. The predicted molar refractivity (Wildman–Crippen MR) is 88.9 cm³/mol. The number of hydrogen-bond acceptors (Lipinski definition) is 4. The molecule has 0 aliphatic heterocycles. The monoisotopic (exact) mass is 313 g/mol. The number of benzene rings is 2. The normalized spacial score (nSPS) is 11.1. The molecule has 0 spiro atoms. The van der Waals surface area contributed by atoms with Crippen molar-refractivity contribution in [3.8, 4) is 5.75 Å². The zero-order valence-electron chi connectivity index (χ0n) is 12.8. The van der Waals surface area contributed by atoms with Crippen LogP contribution in [0.25, 0.3) is 0 Å². The van der Waals surface area contributed by atoms with Crippen LogP contribution in [0.15, 0.2) is 53.7 Å². The molecule has 0 radical (unpaired) electrons. The molecule has 0 aromatic heterocycles. The highest BCUT2D eigenvalue weighted by atomic mass is 16.5. The predicted octanol–water partition coefficient (Wildman–Crippen LogP) is 2.36. The third-order valence-electron chi connectivity index (χ3n) is 3.37. The average molecular weight is 313 g/mol. The van der Waals surface area contributed by atoms with Crippen molar-refractivity contribution in [2.45, 2.75) is 12.8 Å². The minimum absolute atomic E-state index is 0.0300. The molecule has 2 aromatic rings. The Balaban J connectivity index is 1.86. The first-order valence-electron chi connectivity index (χ1n) is 7.13. The maximum absolute atomic E-state index is 12.0. The Morgan fingerprint density at radius 2 is 1.83 bits per heavy atom. The lowest BCUT2D eigenvalue weighted by Crippen LogP contribution is -2.14. The molecule has 0 bridgehead atoms. The first kappa shape index (κ1) is 16.4. The molecule has 0 saturated carbocycles. The summed E-state index contributed by atoms with van der Waals surface area (Å²) >= 11 is 0. The summed E-state index contributed by atoms with van der Waals surface area (Å²) in [6.45, 7) is 0. The highest BCUT2D eigenvalue weighted by molar-refractivity contribution is 5.98. The summed E-state index contributed by atoms with van der Waals surface area (Å²) in [5.41, 5.74) is 7.81. The van der Waals surface area contributed by atoms with E-state index in [1.54, 1.807) is 31.4 Å². The van der Waals surface area contributed by atoms with Crippen molar-refractivity contribution in [3.63, 3.8) is 0 Å². The van der Waals surface area contributed by atoms with Gasteiger partial charge in [0.1, 0.15) is 5.75 Å². The molecule has 0 aliphatic rings. The third-order valence-corrected chi connectivity index (χ3v) is 3.37. The second-order valence-electron chi connectivity index (χ2n) is 4.96. The number of hydrogen-bond donors (Lipinski definition) is 3. The van der Waals surface area contributed by atoms with Crippen LogP contribution in [0.3, 0.4) is 0 Å². The van der Waals surface area contributed by atoms with Gasteiger partial charge in [-0.15, -0.1) is 0 Å². The molecule has 1 amide bonds. The molecule has 2 rings (SSSR count). The summed E-state index contributed by atoms with van der Waals surface area (Å²) in [5, 5.41) is 14.3. The number of nitrogens with zero attached hydrogens (tertiary/aromatic N) is 1. The summed E-state index contributed by atoms with van der Waals surface area (Å²) < 4.78 is 5.10. The van der Waals surface area contributed by atoms with E-state index >= 15 is 0 Å². The molecule has 23 heavy (non-hydrogen) atoms. The number of rotatable bonds is 6. The van der Waals surface area contributed by atoms with E-state index in [9.17, 15) is 4.79 Å². The van der Waals surface area contributed by atoms with Gasteiger partial charge < -0.3 is 21.0 Å². The van der Waals surface area contributed by atoms with Gasteiger partial charge in [0, 0.05) is 17.7 Å². The maximum Gasteiger partial charge on any atom is 0.224 e. The standard InChI is InChI=1S/C17H19N3O3/c1-23-15-9-2-12(3-10-15)4-11-16(21)19-14-7-5-13(6-8-14)17(18)20-22/h2-3,5-10,22H,4,11H2,1H3,(H2,18,20)(H,19,21). The fourth-order valence-electron chi connectivity index (χ4n) is 2.06. The molecule has 0 unspecified atom stereocenters. The van der Waals surface area contributed by atoms with Crippen LogP contribution in [0, 0.1) is 0 Å². The number of methoxy groups -OCH3 is 1.